The van der Waals surface area contributed by atoms with E-state index in [9.17, 15) is 9.00 Å². The average Bonchev–Trinajstić information content (AvgIpc) is 2.96. The summed E-state index contributed by atoms with van der Waals surface area (Å²) in [4.78, 5) is 25.4. The largest absolute Gasteiger partial charge is 0.494 e. The van der Waals surface area contributed by atoms with Gasteiger partial charge in [0.15, 0.2) is 5.82 Å². The van der Waals surface area contributed by atoms with Gasteiger partial charge in [-0.2, -0.15) is 4.98 Å². The number of benzene rings is 2. The van der Waals surface area contributed by atoms with Gasteiger partial charge < -0.3 is 30.5 Å². The molecule has 2 aromatic carbocycles. The number of carbonyl (C=O) groups excluding carboxylic acids is 1. The van der Waals surface area contributed by atoms with E-state index in [1.54, 1.807) is 30.8 Å². The zero-order chi connectivity index (χ0) is 31.0. The Bertz CT molecular complexity index is 1450. The number of likely N-dealkylation sites (N-methyl/N-ethyl adjacent to an activating group) is 2. The van der Waals surface area contributed by atoms with Crippen molar-refractivity contribution in [3.05, 3.63) is 59.8 Å². The Morgan fingerprint density at radius 3 is 2.48 bits per heavy atom. The molecule has 226 valence electrons. The van der Waals surface area contributed by atoms with Crippen molar-refractivity contribution < 1.29 is 13.7 Å². The summed E-state index contributed by atoms with van der Waals surface area (Å²) in [5.41, 5.74) is 4.39. The summed E-state index contributed by atoms with van der Waals surface area (Å²) >= 11 is 6.50. The van der Waals surface area contributed by atoms with E-state index in [1.165, 1.54) is 12.3 Å². The third-order valence-corrected chi connectivity index (χ3v) is 7.73. The van der Waals surface area contributed by atoms with Crippen molar-refractivity contribution >= 4 is 68.7 Å². The highest BCUT2D eigenvalue weighted by molar-refractivity contribution is 7.85. The zero-order valence-electron chi connectivity index (χ0n) is 25.1. The molecular formula is C29H39ClN8O3S. The number of aryl methyl sites for hydroxylation is 1. The van der Waals surface area contributed by atoms with Crippen LogP contribution in [-0.2, 0) is 22.2 Å². The summed E-state index contributed by atoms with van der Waals surface area (Å²) in [7, 11) is 8.06. The highest BCUT2D eigenvalue weighted by atomic mass is 35.5. The molecule has 1 aromatic heterocycles. The predicted octanol–water partition coefficient (Wildman–Crippen LogP) is 5.04. The summed E-state index contributed by atoms with van der Waals surface area (Å²) in [6, 6.07) is 9.41. The quantitative estimate of drug-likeness (QED) is 0.215. The topological polar surface area (TPSA) is 115 Å². The van der Waals surface area contributed by atoms with Crippen molar-refractivity contribution in [2.45, 2.75) is 13.3 Å². The van der Waals surface area contributed by atoms with Crippen LogP contribution in [0.3, 0.4) is 0 Å². The smallest absolute Gasteiger partial charge is 0.247 e. The van der Waals surface area contributed by atoms with Gasteiger partial charge in [-0.1, -0.05) is 37.2 Å². The molecule has 3 rings (SSSR count). The maximum absolute atomic E-state index is 12.3. The summed E-state index contributed by atoms with van der Waals surface area (Å²) in [5.74, 6) is 0.788. The van der Waals surface area contributed by atoms with Crippen molar-refractivity contribution in [1.29, 1.82) is 0 Å². The molecule has 0 aliphatic heterocycles. The molecule has 1 atom stereocenters. The van der Waals surface area contributed by atoms with Crippen molar-refractivity contribution in [3.63, 3.8) is 0 Å². The van der Waals surface area contributed by atoms with Crippen LogP contribution in [0.1, 0.15) is 12.5 Å². The minimum absolute atomic E-state index is 0.246. The lowest BCUT2D eigenvalue weighted by Crippen LogP contribution is -2.29. The lowest BCUT2D eigenvalue weighted by Gasteiger charge is -2.26. The first-order valence-electron chi connectivity index (χ1n) is 13.3. The summed E-state index contributed by atoms with van der Waals surface area (Å²) < 4.78 is 19.7. The zero-order valence-corrected chi connectivity index (χ0v) is 26.7. The minimum atomic E-state index is -1.24. The molecule has 0 aliphatic carbocycles. The Hall–Kier alpha value is -3.87. The monoisotopic (exact) mass is 614 g/mol. The number of halogens is 1. The van der Waals surface area contributed by atoms with Crippen LogP contribution in [0, 0.1) is 0 Å². The molecule has 3 aromatic rings. The molecule has 3 N–H and O–H groups in total. The Labute approximate surface area is 255 Å². The number of anilines is 7. The molecule has 13 heteroatoms. The molecule has 0 saturated heterocycles. The Balaban J connectivity index is 2.01. The molecule has 1 unspecified atom stereocenters. The highest BCUT2D eigenvalue weighted by Gasteiger charge is 2.19. The van der Waals surface area contributed by atoms with Crippen LogP contribution < -0.4 is 29.9 Å². The first-order chi connectivity index (χ1) is 20.0. The van der Waals surface area contributed by atoms with Gasteiger partial charge in [0, 0.05) is 39.5 Å². The summed E-state index contributed by atoms with van der Waals surface area (Å²) in [6.45, 7) is 7.15. The van der Waals surface area contributed by atoms with Crippen LogP contribution in [0.4, 0.5) is 40.2 Å². The molecule has 0 fully saturated rings. The van der Waals surface area contributed by atoms with Gasteiger partial charge in [0.05, 0.1) is 41.7 Å². The van der Waals surface area contributed by atoms with E-state index in [1.807, 2.05) is 57.2 Å². The number of hydrogen-bond acceptors (Lipinski definition) is 9. The number of hydrogen-bond donors (Lipinski definition) is 3. The molecule has 1 heterocycles. The molecule has 11 nitrogen and oxygen atoms in total. The third-order valence-electron chi connectivity index (χ3n) is 6.50. The van der Waals surface area contributed by atoms with Crippen molar-refractivity contribution in [2.75, 3.05) is 79.8 Å². The van der Waals surface area contributed by atoms with Gasteiger partial charge in [0.1, 0.15) is 21.8 Å². The number of aromatic nitrogens is 2. The Kier molecular flexibility index (Phi) is 11.5. The standard InChI is InChI=1S/C29H39ClN8O3S/c1-9-19-12-11-13-21(27(19)38(6)42(8)40)33-28-20(30)18-31-29(35-28)34-23-16-22(32-26(39)10-2)24(17-25(23)41-7)37(5)15-14-36(3)4/h10-13,16-18H,2,9,14-15H2,1,3-8H3,(H,32,39)(H2,31,33,34,35). The first-order valence-corrected chi connectivity index (χ1v) is 15.1. The number of rotatable bonds is 14. The predicted molar refractivity (Wildman–Crippen MR) is 176 cm³/mol. The van der Waals surface area contributed by atoms with E-state index in [0.717, 1.165) is 36.4 Å². The van der Waals surface area contributed by atoms with Gasteiger partial charge in [0.25, 0.3) is 0 Å². The van der Waals surface area contributed by atoms with E-state index in [2.05, 4.69) is 37.4 Å². The first kappa shape index (κ1) is 32.6. The Morgan fingerprint density at radius 1 is 1.12 bits per heavy atom. The van der Waals surface area contributed by atoms with Gasteiger partial charge in [0.2, 0.25) is 11.9 Å². The SMILES string of the molecule is C=CC(=O)Nc1cc(Nc2ncc(Cl)c(Nc3cccc(CC)c3N(C)S(C)=O)n2)c(OC)cc1N(C)CCN(C)C. The van der Waals surface area contributed by atoms with E-state index >= 15 is 0 Å². The minimum Gasteiger partial charge on any atom is -0.494 e. The van der Waals surface area contributed by atoms with Gasteiger partial charge in [-0.3, -0.25) is 9.10 Å². The van der Waals surface area contributed by atoms with E-state index in [-0.39, 0.29) is 11.9 Å². The molecule has 0 radical (unpaired) electrons. The van der Waals surface area contributed by atoms with Gasteiger partial charge in [-0.25, -0.2) is 9.19 Å². The van der Waals surface area contributed by atoms with Gasteiger partial charge >= 0.3 is 0 Å². The van der Waals surface area contributed by atoms with Crippen LogP contribution in [0.5, 0.6) is 5.75 Å². The normalized spacial score (nSPS) is 11.5. The number of nitrogens with one attached hydrogen (secondary N) is 3. The van der Waals surface area contributed by atoms with Crippen molar-refractivity contribution in [1.82, 2.24) is 14.9 Å². The molecule has 0 aliphatic rings. The second kappa shape index (κ2) is 14.9. The second-order valence-corrected chi connectivity index (χ2v) is 11.5. The number of carbonyl (C=O) groups is 1. The van der Waals surface area contributed by atoms with Crippen molar-refractivity contribution in [2.24, 2.45) is 0 Å². The van der Waals surface area contributed by atoms with Crippen LogP contribution in [0.2, 0.25) is 5.02 Å². The lowest BCUT2D eigenvalue weighted by molar-refractivity contribution is -0.111. The maximum atomic E-state index is 12.3. The van der Waals surface area contributed by atoms with E-state index < -0.39 is 11.0 Å². The highest BCUT2D eigenvalue weighted by Crippen LogP contribution is 2.39. The number of methoxy groups -OCH3 is 1. The van der Waals surface area contributed by atoms with Crippen molar-refractivity contribution in [3.8, 4) is 5.75 Å². The molecule has 0 bridgehead atoms. The number of nitrogens with zero attached hydrogens (tertiary/aromatic N) is 5. The average molecular weight is 615 g/mol. The van der Waals surface area contributed by atoms with Gasteiger partial charge in [-0.05, 0) is 44.3 Å². The fourth-order valence-electron chi connectivity index (χ4n) is 4.15. The summed E-state index contributed by atoms with van der Waals surface area (Å²) in [5, 5.41) is 9.67. The fraction of sp³-hybridized carbons (Fsp3) is 0.345. The number of ether oxygens (including phenoxy) is 1. The van der Waals surface area contributed by atoms with Crippen LogP contribution in [0.15, 0.2) is 49.2 Å². The number of para-hydroxylation sites is 1. The van der Waals surface area contributed by atoms with E-state index in [4.69, 9.17) is 16.3 Å². The van der Waals surface area contributed by atoms with E-state index in [0.29, 0.717) is 33.7 Å². The lowest BCUT2D eigenvalue weighted by atomic mass is 10.1. The fourth-order valence-corrected chi connectivity index (χ4v) is 4.76. The summed E-state index contributed by atoms with van der Waals surface area (Å²) in [6.07, 6.45) is 5.08. The third kappa shape index (κ3) is 8.11. The van der Waals surface area contributed by atoms with Crippen LogP contribution in [0.25, 0.3) is 0 Å². The maximum Gasteiger partial charge on any atom is 0.247 e. The van der Waals surface area contributed by atoms with Gasteiger partial charge in [-0.15, -0.1) is 0 Å². The number of amides is 1. The van der Waals surface area contributed by atoms with Crippen LogP contribution in [-0.4, -0.2) is 79.6 Å². The molecule has 42 heavy (non-hydrogen) atoms. The second-order valence-electron chi connectivity index (χ2n) is 9.72. The molecular weight excluding hydrogens is 576 g/mol. The molecule has 0 spiro atoms. The molecule has 0 saturated carbocycles. The molecule has 1 amide bonds. The van der Waals surface area contributed by atoms with Crippen LogP contribution >= 0.6 is 11.6 Å². The Morgan fingerprint density at radius 2 is 1.86 bits per heavy atom.